The molecule has 0 fully saturated rings. The Morgan fingerprint density at radius 3 is 1.92 bits per heavy atom. The Morgan fingerprint density at radius 1 is 0.880 bits per heavy atom. The van der Waals surface area contributed by atoms with Crippen molar-refractivity contribution in [2.45, 2.75) is 96.6 Å². The van der Waals surface area contributed by atoms with Crippen molar-refractivity contribution in [3.05, 3.63) is 0 Å². The van der Waals surface area contributed by atoms with Crippen molar-refractivity contribution in [2.75, 3.05) is 0 Å². The predicted molar refractivity (Wildman–Crippen MR) is 89.9 cm³/mol. The molecule has 25 heavy (non-hydrogen) atoms. The largest absolute Gasteiger partial charge is 1.00 e. The Balaban J connectivity index is 0. The molecule has 0 aliphatic carbocycles. The van der Waals surface area contributed by atoms with Gasteiger partial charge in [0.2, 0.25) is 5.91 Å². The summed E-state index contributed by atoms with van der Waals surface area (Å²) >= 11 is 0. The summed E-state index contributed by atoms with van der Waals surface area (Å²) in [5.41, 5.74) is 0. The van der Waals surface area contributed by atoms with Crippen LogP contribution in [0.15, 0.2) is 0 Å². The van der Waals surface area contributed by atoms with Crippen LogP contribution >= 0.6 is 0 Å². The number of aliphatic carboxylic acids is 1. The molecule has 6 nitrogen and oxygen atoms in total. The van der Waals surface area contributed by atoms with Gasteiger partial charge in [-0.3, -0.25) is 9.59 Å². The van der Waals surface area contributed by atoms with Crippen molar-refractivity contribution >= 4 is 17.7 Å². The van der Waals surface area contributed by atoms with Crippen LogP contribution in [0.5, 0.6) is 0 Å². The summed E-state index contributed by atoms with van der Waals surface area (Å²) in [6.07, 6.45) is 8.93. The number of Topliss-reactive ketones (excluding diaryl/α,β-unsaturated/α-hetero) is 1. The van der Waals surface area contributed by atoms with Gasteiger partial charge in [0.05, 0.1) is 6.42 Å². The number of hydrogen-bond donors (Lipinski definition) is 2. The molecule has 0 aromatic carbocycles. The van der Waals surface area contributed by atoms with Gasteiger partial charge in [0, 0.05) is 18.8 Å². The molecule has 1 amide bonds. The summed E-state index contributed by atoms with van der Waals surface area (Å²) in [5.74, 6) is -2.01. The number of aliphatic hydroxyl groups is 1. The van der Waals surface area contributed by atoms with Gasteiger partial charge in [0.15, 0.2) is 0 Å². The molecule has 2 N–H and O–H groups in total. The second-order valence-electron chi connectivity index (χ2n) is 6.28. The van der Waals surface area contributed by atoms with Crippen molar-refractivity contribution in [1.29, 1.82) is 0 Å². The van der Waals surface area contributed by atoms with E-state index < -0.39 is 24.5 Å². The number of aliphatic hydroxyl groups excluding tert-OH is 1. The summed E-state index contributed by atoms with van der Waals surface area (Å²) in [6.45, 7) is 2.20. The molecular weight excluding hydrogens is 333 g/mol. The average molecular weight is 365 g/mol. The van der Waals surface area contributed by atoms with Crippen LogP contribution < -0.4 is 40.0 Å². The van der Waals surface area contributed by atoms with Gasteiger partial charge >= 0.3 is 29.6 Å². The number of carbonyl (C=O) groups is 3. The number of ketones is 1. The molecule has 140 valence electrons. The number of rotatable bonds is 16. The zero-order chi connectivity index (χ0) is 18.2. The molecule has 0 bridgehead atoms. The minimum atomic E-state index is -1.32. The molecule has 0 aliphatic rings. The van der Waals surface area contributed by atoms with E-state index in [9.17, 15) is 24.6 Å². The predicted octanol–water partition coefficient (Wildman–Crippen LogP) is -1.16. The maximum Gasteiger partial charge on any atom is 1.00 e. The molecule has 0 aromatic heterocycles. The van der Waals surface area contributed by atoms with Gasteiger partial charge < -0.3 is 20.3 Å². The van der Waals surface area contributed by atoms with E-state index in [0.717, 1.165) is 19.3 Å². The molecule has 0 saturated carbocycles. The SMILES string of the molecule is CCCCCCCCCCCC(=O)CC(O)NC(=O)CCC(=O)[O-].[Na+]. The third-order valence-corrected chi connectivity index (χ3v) is 3.86. The van der Waals surface area contributed by atoms with Crippen LogP contribution in [-0.2, 0) is 14.4 Å². The minimum Gasteiger partial charge on any atom is -0.550 e. The zero-order valence-corrected chi connectivity index (χ0v) is 17.8. The van der Waals surface area contributed by atoms with Gasteiger partial charge in [0.25, 0.3) is 0 Å². The van der Waals surface area contributed by atoms with Crippen molar-refractivity contribution in [3.63, 3.8) is 0 Å². The number of hydrogen-bond acceptors (Lipinski definition) is 5. The summed E-state index contributed by atoms with van der Waals surface area (Å²) in [4.78, 5) is 33.2. The third kappa shape index (κ3) is 19.7. The van der Waals surface area contributed by atoms with E-state index in [2.05, 4.69) is 12.2 Å². The first-order valence-corrected chi connectivity index (χ1v) is 9.14. The second-order valence-corrected chi connectivity index (χ2v) is 6.28. The van der Waals surface area contributed by atoms with E-state index in [1.807, 2.05) is 0 Å². The second kappa shape index (κ2) is 18.4. The normalized spacial score (nSPS) is 11.4. The Kier molecular flexibility index (Phi) is 19.7. The molecule has 0 rings (SSSR count). The summed E-state index contributed by atoms with van der Waals surface area (Å²) in [6, 6.07) is 0. The molecule has 7 heteroatoms. The van der Waals surface area contributed by atoms with E-state index in [4.69, 9.17) is 0 Å². The van der Waals surface area contributed by atoms with Crippen LogP contribution in [0.4, 0.5) is 0 Å². The number of carboxylic acid groups (broad SMARTS) is 1. The monoisotopic (exact) mass is 365 g/mol. The Bertz CT molecular complexity index is 376. The molecule has 1 atom stereocenters. The third-order valence-electron chi connectivity index (χ3n) is 3.86. The molecule has 1 unspecified atom stereocenters. The van der Waals surface area contributed by atoms with Gasteiger partial charge in [-0.1, -0.05) is 58.3 Å². The topological polar surface area (TPSA) is 107 Å². The van der Waals surface area contributed by atoms with Gasteiger partial charge in [0.1, 0.15) is 12.0 Å². The number of unbranched alkanes of at least 4 members (excludes halogenated alkanes) is 8. The molecule has 0 aliphatic heterocycles. The van der Waals surface area contributed by atoms with Crippen LogP contribution in [0.2, 0.25) is 0 Å². The standard InChI is InChI=1S/C18H33NO5.Na/c1-2-3-4-5-6-7-8-9-10-11-15(20)14-17(22)19-16(21)12-13-18(23)24;/h17,22H,2-14H2,1H3,(H,19,21)(H,23,24);/q;+1/p-1. The average Bonchev–Trinajstić information content (AvgIpc) is 2.51. The van der Waals surface area contributed by atoms with Crippen LogP contribution in [0.3, 0.4) is 0 Å². The summed E-state index contributed by atoms with van der Waals surface area (Å²) < 4.78 is 0. The molecule has 0 radical (unpaired) electrons. The fourth-order valence-corrected chi connectivity index (χ4v) is 2.48. The van der Waals surface area contributed by atoms with Crippen molar-refractivity contribution in [3.8, 4) is 0 Å². The van der Waals surface area contributed by atoms with E-state index in [1.54, 1.807) is 0 Å². The first-order chi connectivity index (χ1) is 11.5. The van der Waals surface area contributed by atoms with E-state index >= 15 is 0 Å². The Morgan fingerprint density at radius 2 is 1.40 bits per heavy atom. The first kappa shape index (κ1) is 26.8. The Labute approximate surface area is 173 Å². The van der Waals surface area contributed by atoms with Crippen molar-refractivity contribution in [1.82, 2.24) is 5.32 Å². The van der Waals surface area contributed by atoms with Crippen LogP contribution in [-0.4, -0.2) is 29.0 Å². The quantitative estimate of drug-likeness (QED) is 0.204. The summed E-state index contributed by atoms with van der Waals surface area (Å²) in [5, 5.41) is 22.0. The van der Waals surface area contributed by atoms with E-state index in [-0.39, 0.29) is 48.2 Å². The molecule has 0 aromatic rings. The number of nitrogens with one attached hydrogen (secondary N) is 1. The van der Waals surface area contributed by atoms with Gasteiger partial charge in [-0.25, -0.2) is 0 Å². The fourth-order valence-electron chi connectivity index (χ4n) is 2.48. The van der Waals surface area contributed by atoms with Crippen molar-refractivity contribution in [2.24, 2.45) is 0 Å². The van der Waals surface area contributed by atoms with Gasteiger partial charge in [-0.2, -0.15) is 0 Å². The van der Waals surface area contributed by atoms with Crippen LogP contribution in [0.1, 0.15) is 90.4 Å². The van der Waals surface area contributed by atoms with Gasteiger partial charge in [-0.05, 0) is 12.8 Å². The van der Waals surface area contributed by atoms with Crippen LogP contribution in [0.25, 0.3) is 0 Å². The van der Waals surface area contributed by atoms with Crippen molar-refractivity contribution < 1.29 is 54.2 Å². The molecule has 0 saturated heterocycles. The fraction of sp³-hybridized carbons (Fsp3) is 0.833. The van der Waals surface area contributed by atoms with E-state index in [0.29, 0.717) is 6.42 Å². The molecular formula is C18H32NNaO5. The zero-order valence-electron chi connectivity index (χ0n) is 15.8. The smallest absolute Gasteiger partial charge is 0.550 e. The maximum atomic E-state index is 11.7. The molecule has 0 heterocycles. The minimum absolute atomic E-state index is 0. The first-order valence-electron chi connectivity index (χ1n) is 9.14. The molecule has 0 spiro atoms. The number of amides is 1. The van der Waals surface area contributed by atoms with E-state index in [1.165, 1.54) is 38.5 Å². The summed E-state index contributed by atoms with van der Waals surface area (Å²) in [7, 11) is 0. The van der Waals surface area contributed by atoms with Gasteiger partial charge in [-0.15, -0.1) is 0 Å². The Hall–Kier alpha value is -0.430. The number of carbonyl (C=O) groups excluding carboxylic acids is 3. The maximum absolute atomic E-state index is 11.7. The number of carboxylic acids is 1. The van der Waals surface area contributed by atoms with Crippen LogP contribution in [0, 0.1) is 0 Å².